The van der Waals surface area contributed by atoms with Crippen LogP contribution in [0.15, 0.2) is 18.2 Å². The molecule has 0 unspecified atom stereocenters. The molecule has 0 heterocycles. The lowest BCUT2D eigenvalue weighted by molar-refractivity contribution is 0.0692. The molecule has 2 rings (SSSR count). The Hall–Kier alpha value is -1.42. The molecule has 1 saturated carbocycles. The summed E-state index contributed by atoms with van der Waals surface area (Å²) in [6.07, 6.45) is 4.65. The van der Waals surface area contributed by atoms with Crippen molar-refractivity contribution in [3.05, 3.63) is 35.1 Å². The Labute approximate surface area is 106 Å². The summed E-state index contributed by atoms with van der Waals surface area (Å²) in [5, 5.41) is 12.2. The van der Waals surface area contributed by atoms with Crippen molar-refractivity contribution >= 4 is 5.97 Å². The van der Waals surface area contributed by atoms with E-state index in [-0.39, 0.29) is 11.1 Å². The van der Waals surface area contributed by atoms with Gasteiger partial charge in [0, 0.05) is 12.1 Å². The maximum Gasteiger partial charge on any atom is 0.338 e. The number of rotatable bonds is 5. The van der Waals surface area contributed by atoms with Crippen molar-refractivity contribution in [3.8, 4) is 0 Å². The molecule has 18 heavy (non-hydrogen) atoms. The minimum atomic E-state index is -1.23. The summed E-state index contributed by atoms with van der Waals surface area (Å²) in [4.78, 5) is 10.7. The molecule has 0 spiro atoms. The van der Waals surface area contributed by atoms with Crippen LogP contribution in [0.1, 0.15) is 48.5 Å². The first kappa shape index (κ1) is 13.0. The van der Waals surface area contributed by atoms with Crippen LogP contribution >= 0.6 is 0 Å². The number of benzene rings is 1. The topological polar surface area (TPSA) is 49.3 Å². The summed E-state index contributed by atoms with van der Waals surface area (Å²) in [7, 11) is 0. The number of hydrogen-bond donors (Lipinski definition) is 2. The zero-order chi connectivity index (χ0) is 13.2. The van der Waals surface area contributed by atoms with Gasteiger partial charge in [0.1, 0.15) is 5.82 Å². The molecular formula is C14H18FNO2. The van der Waals surface area contributed by atoms with Gasteiger partial charge in [-0.2, -0.15) is 0 Å². The Morgan fingerprint density at radius 3 is 2.67 bits per heavy atom. The second-order valence-corrected chi connectivity index (χ2v) is 4.96. The lowest BCUT2D eigenvalue weighted by Gasteiger charge is -2.42. The van der Waals surface area contributed by atoms with E-state index in [1.165, 1.54) is 31.4 Å². The summed E-state index contributed by atoms with van der Waals surface area (Å²) in [5.74, 6) is -1.89. The van der Waals surface area contributed by atoms with Crippen molar-refractivity contribution in [1.29, 1.82) is 0 Å². The number of halogens is 1. The van der Waals surface area contributed by atoms with E-state index in [2.05, 4.69) is 12.2 Å². The van der Waals surface area contributed by atoms with Crippen LogP contribution in [0.25, 0.3) is 0 Å². The number of carbonyl (C=O) groups is 1. The van der Waals surface area contributed by atoms with Crippen molar-refractivity contribution in [2.45, 2.75) is 44.7 Å². The number of carboxylic acid groups (broad SMARTS) is 1. The van der Waals surface area contributed by atoms with Gasteiger partial charge in [-0.3, -0.25) is 0 Å². The van der Waals surface area contributed by atoms with Crippen LogP contribution in [0.2, 0.25) is 0 Å². The maximum absolute atomic E-state index is 13.5. The van der Waals surface area contributed by atoms with E-state index in [1.807, 2.05) is 0 Å². The molecule has 1 aromatic carbocycles. The highest BCUT2D eigenvalue weighted by atomic mass is 19.1. The average Bonchev–Trinajstić information content (AvgIpc) is 2.27. The molecule has 1 aromatic rings. The monoisotopic (exact) mass is 251 g/mol. The van der Waals surface area contributed by atoms with Crippen molar-refractivity contribution < 1.29 is 14.3 Å². The molecule has 1 aliphatic rings. The Kier molecular flexibility index (Phi) is 3.66. The molecule has 1 fully saturated rings. The molecule has 0 bridgehead atoms. The van der Waals surface area contributed by atoms with Gasteiger partial charge < -0.3 is 10.4 Å². The molecule has 98 valence electrons. The molecule has 1 aliphatic carbocycles. The normalized spacial score (nSPS) is 17.2. The fourth-order valence-electron chi connectivity index (χ4n) is 2.39. The van der Waals surface area contributed by atoms with Gasteiger partial charge in [-0.05, 0) is 43.4 Å². The van der Waals surface area contributed by atoms with E-state index >= 15 is 0 Å². The summed E-state index contributed by atoms with van der Waals surface area (Å²) in [6, 6.07) is 4.30. The zero-order valence-corrected chi connectivity index (χ0v) is 10.5. The molecule has 0 saturated heterocycles. The number of aromatic carboxylic acids is 1. The van der Waals surface area contributed by atoms with Crippen LogP contribution in [-0.2, 0) is 6.54 Å². The molecule has 0 aliphatic heterocycles. The fourth-order valence-corrected chi connectivity index (χ4v) is 2.39. The van der Waals surface area contributed by atoms with E-state index in [1.54, 1.807) is 6.07 Å². The molecular weight excluding hydrogens is 233 g/mol. The fraction of sp³-hybridized carbons (Fsp3) is 0.500. The Morgan fingerprint density at radius 2 is 2.22 bits per heavy atom. The molecule has 0 radical (unpaired) electrons. The SMILES string of the molecule is CCC1(NCc2ccc(C(=O)O)c(F)c2)CCC1. The lowest BCUT2D eigenvalue weighted by Crippen LogP contribution is -2.49. The predicted molar refractivity (Wildman–Crippen MR) is 67.1 cm³/mol. The zero-order valence-electron chi connectivity index (χ0n) is 10.5. The van der Waals surface area contributed by atoms with Crippen molar-refractivity contribution in [3.63, 3.8) is 0 Å². The highest BCUT2D eigenvalue weighted by Crippen LogP contribution is 2.34. The van der Waals surface area contributed by atoms with Gasteiger partial charge in [0.15, 0.2) is 0 Å². The quantitative estimate of drug-likeness (QED) is 0.846. The average molecular weight is 251 g/mol. The lowest BCUT2D eigenvalue weighted by atomic mass is 9.75. The Bertz CT molecular complexity index is 450. The third-order valence-corrected chi connectivity index (χ3v) is 3.92. The molecule has 2 N–H and O–H groups in total. The van der Waals surface area contributed by atoms with Crippen LogP contribution in [-0.4, -0.2) is 16.6 Å². The van der Waals surface area contributed by atoms with Gasteiger partial charge >= 0.3 is 5.97 Å². The van der Waals surface area contributed by atoms with Crippen LogP contribution in [0, 0.1) is 5.82 Å². The predicted octanol–water partition coefficient (Wildman–Crippen LogP) is 2.95. The van der Waals surface area contributed by atoms with Crippen LogP contribution in [0.3, 0.4) is 0 Å². The summed E-state index contributed by atoms with van der Waals surface area (Å²) in [6.45, 7) is 2.74. The van der Waals surface area contributed by atoms with Crippen LogP contribution < -0.4 is 5.32 Å². The highest BCUT2D eigenvalue weighted by molar-refractivity contribution is 5.87. The third kappa shape index (κ3) is 2.53. The van der Waals surface area contributed by atoms with Crippen LogP contribution in [0.4, 0.5) is 4.39 Å². The second-order valence-electron chi connectivity index (χ2n) is 4.96. The first-order valence-electron chi connectivity index (χ1n) is 6.33. The molecule has 0 atom stereocenters. The first-order chi connectivity index (χ1) is 8.56. The molecule has 3 nitrogen and oxygen atoms in total. The van der Waals surface area contributed by atoms with E-state index in [0.29, 0.717) is 6.54 Å². The van der Waals surface area contributed by atoms with E-state index < -0.39 is 11.8 Å². The van der Waals surface area contributed by atoms with Crippen molar-refractivity contribution in [2.75, 3.05) is 0 Å². The van der Waals surface area contributed by atoms with Gasteiger partial charge in [-0.1, -0.05) is 13.0 Å². The minimum Gasteiger partial charge on any atom is -0.478 e. The highest BCUT2D eigenvalue weighted by Gasteiger charge is 2.34. The minimum absolute atomic E-state index is 0.210. The summed E-state index contributed by atoms with van der Waals surface area (Å²) >= 11 is 0. The standard InChI is InChI=1S/C14H18FNO2/c1-2-14(6-3-7-14)16-9-10-4-5-11(13(17)18)12(15)8-10/h4-5,8,16H,2-3,6-7,9H2,1H3,(H,17,18). The Morgan fingerprint density at radius 1 is 1.50 bits per heavy atom. The van der Waals surface area contributed by atoms with Gasteiger partial charge in [0.25, 0.3) is 0 Å². The van der Waals surface area contributed by atoms with Crippen molar-refractivity contribution in [2.24, 2.45) is 0 Å². The van der Waals surface area contributed by atoms with E-state index in [9.17, 15) is 9.18 Å². The smallest absolute Gasteiger partial charge is 0.338 e. The molecule has 0 amide bonds. The van der Waals surface area contributed by atoms with Gasteiger partial charge in [0.05, 0.1) is 5.56 Å². The van der Waals surface area contributed by atoms with Gasteiger partial charge in [0.2, 0.25) is 0 Å². The summed E-state index contributed by atoms with van der Waals surface area (Å²) in [5.41, 5.74) is 0.729. The van der Waals surface area contributed by atoms with Crippen LogP contribution in [0.5, 0.6) is 0 Å². The largest absolute Gasteiger partial charge is 0.478 e. The molecule has 4 heteroatoms. The summed E-state index contributed by atoms with van der Waals surface area (Å²) < 4.78 is 13.5. The van der Waals surface area contributed by atoms with E-state index in [4.69, 9.17) is 5.11 Å². The van der Waals surface area contributed by atoms with E-state index in [0.717, 1.165) is 12.0 Å². The molecule has 0 aromatic heterocycles. The first-order valence-corrected chi connectivity index (χ1v) is 6.33. The second kappa shape index (κ2) is 5.06. The Balaban J connectivity index is 2.02. The number of hydrogen-bond acceptors (Lipinski definition) is 2. The van der Waals surface area contributed by atoms with Crippen molar-refractivity contribution in [1.82, 2.24) is 5.32 Å². The maximum atomic E-state index is 13.5. The number of nitrogens with one attached hydrogen (secondary N) is 1. The van der Waals surface area contributed by atoms with Gasteiger partial charge in [-0.15, -0.1) is 0 Å². The van der Waals surface area contributed by atoms with Gasteiger partial charge in [-0.25, -0.2) is 9.18 Å². The third-order valence-electron chi connectivity index (χ3n) is 3.92. The number of carboxylic acids is 1.